The van der Waals surface area contributed by atoms with Gasteiger partial charge in [0.2, 0.25) is 5.76 Å². The number of nitrogens with zero attached hydrogens (tertiary/aromatic N) is 1. The number of hydrogen-bond acceptors (Lipinski definition) is 3. The first-order valence-electron chi connectivity index (χ1n) is 14.1. The number of carbonyl (C=O) groups excluding carboxylic acids is 1. The van der Waals surface area contributed by atoms with Crippen LogP contribution in [0, 0.1) is 12.7 Å². The van der Waals surface area contributed by atoms with Crippen molar-refractivity contribution in [1.29, 1.82) is 0 Å². The van der Waals surface area contributed by atoms with Crippen LogP contribution < -0.4 is 0 Å². The summed E-state index contributed by atoms with van der Waals surface area (Å²) >= 11 is 0. The maximum Gasteiger partial charge on any atom is 0.449 e. The Morgan fingerprint density at radius 1 is 0.791 bits per heavy atom. The topological polar surface area (TPSA) is 33.5 Å². The minimum absolute atomic E-state index is 0.0863. The molecule has 0 atom stereocenters. The Bertz CT molecular complexity index is 1770. The minimum atomic E-state index is -4.57. The number of alkyl halides is 3. The smallest absolute Gasteiger partial charge is 0.449 e. The standard InChI is InChI=1S/C36H33F4NO2/c1-23-11-17-31-30(9-6-10-33(31)37)32(23)22-41(21-29-16-18-34(43-29)36(38,39)40)20-25-12-14-26(15-13-25)27-7-5-8-28(19-27)35(3,4)24(2)42/h5-19H,20-22H2,1-4H3. The van der Waals surface area contributed by atoms with Crippen LogP contribution in [-0.4, -0.2) is 10.7 Å². The quantitative estimate of drug-likeness (QED) is 0.161. The lowest BCUT2D eigenvalue weighted by atomic mass is 9.80. The van der Waals surface area contributed by atoms with Crippen molar-refractivity contribution in [2.75, 3.05) is 0 Å². The third-order valence-electron chi connectivity index (χ3n) is 8.21. The summed E-state index contributed by atoms with van der Waals surface area (Å²) < 4.78 is 59.5. The van der Waals surface area contributed by atoms with Gasteiger partial charge >= 0.3 is 6.18 Å². The van der Waals surface area contributed by atoms with Crippen molar-refractivity contribution in [2.45, 2.75) is 58.9 Å². The second-order valence-corrected chi connectivity index (χ2v) is 11.6. The van der Waals surface area contributed by atoms with Gasteiger partial charge in [0, 0.05) is 23.9 Å². The van der Waals surface area contributed by atoms with Crippen LogP contribution in [0.1, 0.15) is 54.5 Å². The lowest BCUT2D eigenvalue weighted by Gasteiger charge is -2.24. The number of fused-ring (bicyclic) bond motifs is 1. The van der Waals surface area contributed by atoms with Gasteiger partial charge in [-0.1, -0.05) is 72.8 Å². The van der Waals surface area contributed by atoms with Crippen LogP contribution in [0.25, 0.3) is 21.9 Å². The molecule has 0 fully saturated rings. The van der Waals surface area contributed by atoms with Crippen molar-refractivity contribution in [1.82, 2.24) is 4.90 Å². The molecule has 0 saturated carbocycles. The average Bonchev–Trinajstić information content (AvgIpc) is 3.44. The molecule has 0 amide bonds. The van der Waals surface area contributed by atoms with Gasteiger partial charge in [-0.05, 0) is 84.7 Å². The number of carbonyl (C=O) groups is 1. The fraction of sp³-hybridized carbons (Fsp3) is 0.250. The van der Waals surface area contributed by atoms with E-state index in [0.717, 1.165) is 44.8 Å². The molecule has 0 aliphatic rings. The molecule has 1 aromatic heterocycles. The van der Waals surface area contributed by atoms with Crippen molar-refractivity contribution in [2.24, 2.45) is 0 Å². The molecule has 0 radical (unpaired) electrons. The number of rotatable bonds is 9. The largest absolute Gasteiger partial charge is 0.455 e. The predicted molar refractivity (Wildman–Crippen MR) is 161 cm³/mol. The fourth-order valence-corrected chi connectivity index (χ4v) is 5.28. The van der Waals surface area contributed by atoms with Crippen LogP contribution in [0.3, 0.4) is 0 Å². The summed E-state index contributed by atoms with van der Waals surface area (Å²) in [7, 11) is 0. The number of ketones is 1. The molecular formula is C36H33F4NO2. The third-order valence-corrected chi connectivity index (χ3v) is 8.21. The van der Waals surface area contributed by atoms with Crippen molar-refractivity contribution in [3.05, 3.63) is 131 Å². The SMILES string of the molecule is CC(=O)C(C)(C)c1cccc(-c2ccc(CN(Cc3ccc(C(F)(F)F)o3)Cc3c(C)ccc4c(F)cccc34)cc2)c1. The second-order valence-electron chi connectivity index (χ2n) is 11.6. The molecule has 222 valence electrons. The Kier molecular flexibility index (Phi) is 8.30. The molecular weight excluding hydrogens is 554 g/mol. The van der Waals surface area contributed by atoms with Gasteiger partial charge in [-0.2, -0.15) is 13.2 Å². The van der Waals surface area contributed by atoms with Gasteiger partial charge in [0.15, 0.2) is 0 Å². The first-order valence-corrected chi connectivity index (χ1v) is 14.1. The summed E-state index contributed by atoms with van der Waals surface area (Å²) in [5, 5.41) is 1.27. The molecule has 0 aliphatic heterocycles. The molecule has 0 unspecified atom stereocenters. The van der Waals surface area contributed by atoms with Gasteiger partial charge in [-0.25, -0.2) is 4.39 Å². The molecule has 3 nitrogen and oxygen atoms in total. The minimum Gasteiger partial charge on any atom is -0.455 e. The maximum atomic E-state index is 14.6. The summed E-state index contributed by atoms with van der Waals surface area (Å²) in [6, 6.07) is 26.8. The van der Waals surface area contributed by atoms with E-state index in [2.05, 4.69) is 0 Å². The molecule has 5 rings (SSSR count). The van der Waals surface area contributed by atoms with Crippen molar-refractivity contribution < 1.29 is 26.8 Å². The fourth-order valence-electron chi connectivity index (χ4n) is 5.28. The van der Waals surface area contributed by atoms with Crippen molar-refractivity contribution in [3.8, 4) is 11.1 Å². The van der Waals surface area contributed by atoms with Crippen molar-refractivity contribution in [3.63, 3.8) is 0 Å². The highest BCUT2D eigenvalue weighted by molar-refractivity contribution is 5.88. The number of aryl methyl sites for hydroxylation is 1. The molecule has 43 heavy (non-hydrogen) atoms. The van der Waals surface area contributed by atoms with E-state index in [0.29, 0.717) is 18.5 Å². The zero-order chi connectivity index (χ0) is 30.9. The maximum absolute atomic E-state index is 14.6. The van der Waals surface area contributed by atoms with E-state index in [1.54, 1.807) is 19.1 Å². The number of Topliss-reactive ketones (excluding diaryl/α,β-unsaturated/α-hetero) is 1. The summed E-state index contributed by atoms with van der Waals surface area (Å²) in [4.78, 5) is 14.2. The highest BCUT2D eigenvalue weighted by atomic mass is 19.4. The van der Waals surface area contributed by atoms with E-state index in [-0.39, 0.29) is 23.9 Å². The van der Waals surface area contributed by atoms with Crippen LogP contribution >= 0.6 is 0 Å². The molecule has 0 aliphatic carbocycles. The van der Waals surface area contributed by atoms with Crippen LogP contribution in [0.4, 0.5) is 17.6 Å². The highest BCUT2D eigenvalue weighted by Gasteiger charge is 2.35. The molecule has 4 aromatic carbocycles. The van der Waals surface area contributed by atoms with Crippen LogP contribution in [0.15, 0.2) is 95.4 Å². The van der Waals surface area contributed by atoms with Gasteiger partial charge in [-0.3, -0.25) is 9.69 Å². The van der Waals surface area contributed by atoms with Crippen LogP contribution in [0.5, 0.6) is 0 Å². The average molecular weight is 588 g/mol. The first kappa shape index (κ1) is 30.2. The first-order chi connectivity index (χ1) is 20.3. The van der Waals surface area contributed by atoms with Crippen molar-refractivity contribution >= 4 is 16.6 Å². The van der Waals surface area contributed by atoms with E-state index in [4.69, 9.17) is 4.42 Å². The Balaban J connectivity index is 1.45. The third kappa shape index (κ3) is 6.57. The van der Waals surface area contributed by atoms with Crippen LogP contribution in [-0.2, 0) is 36.0 Å². The number of halogens is 4. The molecule has 0 spiro atoms. The summed E-state index contributed by atoms with van der Waals surface area (Å²) in [5.41, 5.74) is 5.12. The Hall–Kier alpha value is -4.23. The molecule has 1 heterocycles. The summed E-state index contributed by atoms with van der Waals surface area (Å²) in [6.45, 7) is 8.29. The lowest BCUT2D eigenvalue weighted by molar-refractivity contribution is -0.153. The second kappa shape index (κ2) is 11.8. The molecule has 0 N–H and O–H groups in total. The number of furan rings is 1. The van der Waals surface area contributed by atoms with E-state index in [9.17, 15) is 22.4 Å². The molecule has 0 bridgehead atoms. The molecule has 7 heteroatoms. The normalized spacial score (nSPS) is 12.3. The van der Waals surface area contributed by atoms with Crippen LogP contribution in [0.2, 0.25) is 0 Å². The van der Waals surface area contributed by atoms with E-state index in [1.165, 1.54) is 12.1 Å². The summed E-state index contributed by atoms with van der Waals surface area (Å²) in [5.74, 6) is -1.08. The Morgan fingerprint density at radius 2 is 1.51 bits per heavy atom. The van der Waals surface area contributed by atoms with Gasteiger partial charge < -0.3 is 4.42 Å². The zero-order valence-electron chi connectivity index (χ0n) is 24.6. The van der Waals surface area contributed by atoms with E-state index < -0.39 is 17.4 Å². The van der Waals surface area contributed by atoms with E-state index >= 15 is 0 Å². The monoisotopic (exact) mass is 587 g/mol. The Morgan fingerprint density at radius 3 is 2.19 bits per heavy atom. The summed E-state index contributed by atoms with van der Waals surface area (Å²) in [6.07, 6.45) is -4.57. The highest BCUT2D eigenvalue weighted by Crippen LogP contribution is 2.33. The lowest BCUT2D eigenvalue weighted by Crippen LogP contribution is -2.26. The predicted octanol–water partition coefficient (Wildman–Crippen LogP) is 9.64. The molecule has 5 aromatic rings. The zero-order valence-corrected chi connectivity index (χ0v) is 24.6. The van der Waals surface area contributed by atoms with Gasteiger partial charge in [0.1, 0.15) is 17.4 Å². The molecule has 0 saturated heterocycles. The van der Waals surface area contributed by atoms with Gasteiger partial charge in [0.05, 0.1) is 6.54 Å². The number of benzene rings is 4. The Labute approximate surface area is 248 Å². The van der Waals surface area contributed by atoms with Gasteiger partial charge in [-0.15, -0.1) is 0 Å². The number of hydrogen-bond donors (Lipinski definition) is 0. The van der Waals surface area contributed by atoms with Gasteiger partial charge in [0.25, 0.3) is 0 Å². The van der Waals surface area contributed by atoms with E-state index in [1.807, 2.05) is 86.3 Å².